The fourth-order valence-electron chi connectivity index (χ4n) is 2.11. The van der Waals surface area contributed by atoms with Gasteiger partial charge in [-0.15, -0.1) is 0 Å². The Morgan fingerprint density at radius 1 is 1.14 bits per heavy atom. The molecule has 1 atom stereocenters. The maximum Gasteiger partial charge on any atom is 0.175 e. The van der Waals surface area contributed by atoms with E-state index in [4.69, 9.17) is 0 Å². The van der Waals surface area contributed by atoms with E-state index in [2.05, 4.69) is 4.98 Å². The number of sulfone groups is 1. The number of fused-ring (bicyclic) bond motifs is 1. The average molecular weight is 334 g/mol. The van der Waals surface area contributed by atoms with Crippen molar-refractivity contribution in [3.8, 4) is 0 Å². The van der Waals surface area contributed by atoms with Crippen LogP contribution in [0.25, 0.3) is 5.65 Å². The molecule has 0 aliphatic carbocycles. The number of benzene rings is 1. The van der Waals surface area contributed by atoms with Gasteiger partial charge < -0.3 is 4.40 Å². The molecule has 5 nitrogen and oxygen atoms in total. The first kappa shape index (κ1) is 14.9. The van der Waals surface area contributed by atoms with Crippen molar-refractivity contribution in [3.63, 3.8) is 0 Å². The summed E-state index contributed by atoms with van der Waals surface area (Å²) in [6.45, 7) is 0. The highest BCUT2D eigenvalue weighted by atomic mass is 32.2. The predicted octanol–water partition coefficient (Wildman–Crippen LogP) is 2.05. The molecule has 0 radical (unpaired) electrons. The van der Waals surface area contributed by atoms with Gasteiger partial charge in [0.05, 0.1) is 27.1 Å². The van der Waals surface area contributed by atoms with Crippen LogP contribution >= 0.6 is 0 Å². The maximum absolute atomic E-state index is 12.4. The summed E-state index contributed by atoms with van der Waals surface area (Å²) in [4.78, 5) is 5.22. The van der Waals surface area contributed by atoms with Gasteiger partial charge in [-0.05, 0) is 36.4 Å². The molecule has 0 amide bonds. The van der Waals surface area contributed by atoms with Gasteiger partial charge in [0, 0.05) is 23.5 Å². The second-order valence-corrected chi connectivity index (χ2v) is 8.40. The van der Waals surface area contributed by atoms with Gasteiger partial charge in [-0.25, -0.2) is 13.4 Å². The van der Waals surface area contributed by atoms with Crippen molar-refractivity contribution >= 4 is 26.3 Å². The Bertz CT molecular complexity index is 911. The Labute approximate surface area is 131 Å². The smallest absolute Gasteiger partial charge is 0.175 e. The lowest BCUT2D eigenvalue weighted by atomic mass is 10.4. The lowest BCUT2D eigenvalue weighted by Crippen LogP contribution is -2.00. The zero-order chi connectivity index (χ0) is 15.7. The van der Waals surface area contributed by atoms with Crippen LogP contribution in [0, 0.1) is 0 Å². The number of hydrogen-bond acceptors (Lipinski definition) is 4. The molecule has 0 saturated heterocycles. The molecule has 7 heteroatoms. The van der Waals surface area contributed by atoms with E-state index in [1.807, 2.05) is 35.0 Å². The molecule has 0 saturated carbocycles. The van der Waals surface area contributed by atoms with E-state index in [0.29, 0.717) is 10.6 Å². The van der Waals surface area contributed by atoms with Crippen molar-refractivity contribution in [2.75, 3.05) is 6.26 Å². The monoisotopic (exact) mass is 334 g/mol. The molecule has 0 spiro atoms. The van der Waals surface area contributed by atoms with Crippen LogP contribution in [-0.4, -0.2) is 28.3 Å². The SMILES string of the molecule is CS(=O)(=O)c1ccc([S@@](=O)Cc2cn3ccccc3n2)cc1. The zero-order valence-corrected chi connectivity index (χ0v) is 13.5. The minimum Gasteiger partial charge on any atom is -0.307 e. The van der Waals surface area contributed by atoms with Crippen LogP contribution in [-0.2, 0) is 26.4 Å². The zero-order valence-electron chi connectivity index (χ0n) is 11.8. The number of pyridine rings is 1. The van der Waals surface area contributed by atoms with E-state index in [-0.39, 0.29) is 4.90 Å². The third-order valence-corrected chi connectivity index (χ3v) is 5.69. The van der Waals surface area contributed by atoms with Gasteiger partial charge in [-0.3, -0.25) is 4.21 Å². The molecule has 0 bridgehead atoms. The highest BCUT2D eigenvalue weighted by molar-refractivity contribution is 7.90. The fourth-order valence-corrected chi connectivity index (χ4v) is 3.76. The molecule has 3 rings (SSSR count). The second kappa shape index (κ2) is 5.66. The van der Waals surface area contributed by atoms with E-state index in [0.717, 1.165) is 17.6 Å². The first-order valence-electron chi connectivity index (χ1n) is 6.54. The summed E-state index contributed by atoms with van der Waals surface area (Å²) in [6, 6.07) is 11.8. The Hall–Kier alpha value is -1.99. The third kappa shape index (κ3) is 3.10. The van der Waals surface area contributed by atoms with E-state index in [1.54, 1.807) is 12.1 Å². The molecule has 3 aromatic rings. The average Bonchev–Trinajstić information content (AvgIpc) is 2.88. The molecular weight excluding hydrogens is 320 g/mol. The number of imidazole rings is 1. The Morgan fingerprint density at radius 3 is 2.50 bits per heavy atom. The van der Waals surface area contributed by atoms with Gasteiger partial charge in [0.1, 0.15) is 5.65 Å². The minimum atomic E-state index is -3.24. The normalized spacial score (nSPS) is 13.3. The number of hydrogen-bond donors (Lipinski definition) is 0. The quantitative estimate of drug-likeness (QED) is 0.732. The van der Waals surface area contributed by atoms with Crippen LogP contribution in [0.5, 0.6) is 0 Å². The van der Waals surface area contributed by atoms with Gasteiger partial charge >= 0.3 is 0 Å². The molecule has 0 aliphatic rings. The topological polar surface area (TPSA) is 68.5 Å². The molecular formula is C15H14N2O3S2. The fraction of sp³-hybridized carbons (Fsp3) is 0.133. The maximum atomic E-state index is 12.4. The summed E-state index contributed by atoms with van der Waals surface area (Å²) in [5, 5.41) is 0. The van der Waals surface area contributed by atoms with Crippen LogP contribution in [0.1, 0.15) is 5.69 Å². The van der Waals surface area contributed by atoms with Crippen LogP contribution in [0.3, 0.4) is 0 Å². The van der Waals surface area contributed by atoms with E-state index < -0.39 is 20.6 Å². The first-order chi connectivity index (χ1) is 10.4. The molecule has 2 heterocycles. The number of aromatic nitrogens is 2. The molecule has 22 heavy (non-hydrogen) atoms. The Balaban J connectivity index is 1.82. The standard InChI is InChI=1S/C15H14N2O3S2/c1-22(19,20)14-7-5-13(6-8-14)21(18)11-12-10-17-9-3-2-4-15(17)16-12/h2-10H,11H2,1H3/t21-/m0/s1. The first-order valence-corrected chi connectivity index (χ1v) is 9.76. The van der Waals surface area contributed by atoms with Crippen molar-refractivity contribution in [2.24, 2.45) is 0 Å². The minimum absolute atomic E-state index is 0.223. The summed E-state index contributed by atoms with van der Waals surface area (Å²) >= 11 is 0. The number of nitrogens with zero attached hydrogens (tertiary/aromatic N) is 2. The second-order valence-electron chi connectivity index (χ2n) is 4.93. The van der Waals surface area contributed by atoms with Crippen LogP contribution in [0.4, 0.5) is 0 Å². The van der Waals surface area contributed by atoms with Crippen molar-refractivity contribution in [1.82, 2.24) is 9.38 Å². The number of rotatable bonds is 4. The predicted molar refractivity (Wildman–Crippen MR) is 84.9 cm³/mol. The van der Waals surface area contributed by atoms with Crippen LogP contribution < -0.4 is 0 Å². The van der Waals surface area contributed by atoms with Gasteiger partial charge in [0.25, 0.3) is 0 Å². The highest BCUT2D eigenvalue weighted by Gasteiger charge is 2.11. The summed E-state index contributed by atoms with van der Waals surface area (Å²) in [7, 11) is -4.50. The van der Waals surface area contributed by atoms with Gasteiger partial charge in [-0.1, -0.05) is 6.07 Å². The van der Waals surface area contributed by atoms with E-state index in [1.165, 1.54) is 12.1 Å². The van der Waals surface area contributed by atoms with Crippen molar-refractivity contribution in [1.29, 1.82) is 0 Å². The van der Waals surface area contributed by atoms with Gasteiger partial charge in [-0.2, -0.15) is 0 Å². The van der Waals surface area contributed by atoms with Gasteiger partial charge in [0.15, 0.2) is 9.84 Å². The van der Waals surface area contributed by atoms with Crippen molar-refractivity contribution in [3.05, 3.63) is 60.6 Å². The van der Waals surface area contributed by atoms with E-state index >= 15 is 0 Å². The molecule has 0 fully saturated rings. The molecule has 1 aromatic carbocycles. The molecule has 114 valence electrons. The van der Waals surface area contributed by atoms with Crippen molar-refractivity contribution < 1.29 is 12.6 Å². The summed E-state index contributed by atoms with van der Waals surface area (Å²) in [5.74, 6) is 0.292. The molecule has 0 unspecified atom stereocenters. The van der Waals surface area contributed by atoms with Crippen molar-refractivity contribution in [2.45, 2.75) is 15.5 Å². The largest absolute Gasteiger partial charge is 0.307 e. The van der Waals surface area contributed by atoms with Gasteiger partial charge in [0.2, 0.25) is 0 Å². The Morgan fingerprint density at radius 2 is 1.86 bits per heavy atom. The van der Waals surface area contributed by atoms with Crippen LogP contribution in [0.15, 0.2) is 64.6 Å². The lowest BCUT2D eigenvalue weighted by molar-refractivity contribution is 0.601. The lowest BCUT2D eigenvalue weighted by Gasteiger charge is -2.02. The third-order valence-electron chi connectivity index (χ3n) is 3.21. The summed E-state index contributed by atoms with van der Waals surface area (Å²) in [6.07, 6.45) is 4.88. The molecule has 2 aromatic heterocycles. The highest BCUT2D eigenvalue weighted by Crippen LogP contribution is 2.16. The Kier molecular flexibility index (Phi) is 3.84. The summed E-state index contributed by atoms with van der Waals surface area (Å²) < 4.78 is 37.1. The van der Waals surface area contributed by atoms with Crippen LogP contribution in [0.2, 0.25) is 0 Å². The molecule has 0 aliphatic heterocycles. The van der Waals surface area contributed by atoms with E-state index in [9.17, 15) is 12.6 Å². The summed E-state index contributed by atoms with van der Waals surface area (Å²) in [5.41, 5.74) is 1.54. The molecule has 0 N–H and O–H groups in total.